The number of carbonyl (C=O) groups excluding carboxylic acids is 1. The summed E-state index contributed by atoms with van der Waals surface area (Å²) in [4.78, 5) is 16.7. The number of hydrogen-bond acceptors (Lipinski definition) is 2. The maximum Gasteiger partial charge on any atom is 0.166 e. The van der Waals surface area contributed by atoms with Crippen LogP contribution in [0.2, 0.25) is 0 Å². The summed E-state index contributed by atoms with van der Waals surface area (Å²) in [6.45, 7) is 0. The fourth-order valence-corrected chi connectivity index (χ4v) is 3.03. The number of hydrogen-bond donors (Lipinski definition) is 0. The van der Waals surface area contributed by atoms with Crippen LogP contribution >= 0.6 is 0 Å². The van der Waals surface area contributed by atoms with E-state index in [9.17, 15) is 4.79 Å². The molecule has 3 rings (SSSR count). The molecular weight excluding hydrogens is 246 g/mol. The average molecular weight is 265 g/mol. The van der Waals surface area contributed by atoms with Crippen LogP contribution in [0, 0.1) is 5.92 Å². The lowest BCUT2D eigenvalue weighted by Gasteiger charge is -2.13. The van der Waals surface area contributed by atoms with E-state index in [2.05, 4.69) is 11.1 Å². The van der Waals surface area contributed by atoms with E-state index in [0.717, 1.165) is 37.7 Å². The van der Waals surface area contributed by atoms with Crippen molar-refractivity contribution in [1.82, 2.24) is 4.98 Å². The second-order valence-corrected chi connectivity index (χ2v) is 5.50. The molecule has 0 saturated heterocycles. The van der Waals surface area contributed by atoms with Crippen molar-refractivity contribution in [3.63, 3.8) is 0 Å². The first-order valence-electron chi connectivity index (χ1n) is 7.35. The number of rotatable bonds is 3. The van der Waals surface area contributed by atoms with Crippen LogP contribution in [0.25, 0.3) is 0 Å². The Hall–Kier alpha value is -1.96. The second kappa shape index (κ2) is 6.00. The summed E-state index contributed by atoms with van der Waals surface area (Å²) in [6, 6.07) is 12.2. The maximum atomic E-state index is 12.6. The number of Topliss-reactive ketones (excluding diaryl/α,β-unsaturated/α-hetero) is 1. The number of carbonyl (C=O) groups is 1. The minimum Gasteiger partial charge on any atom is -0.294 e. The fourth-order valence-electron chi connectivity index (χ4n) is 3.03. The topological polar surface area (TPSA) is 30.0 Å². The van der Waals surface area contributed by atoms with Gasteiger partial charge in [0.1, 0.15) is 0 Å². The van der Waals surface area contributed by atoms with Crippen molar-refractivity contribution in [1.29, 1.82) is 0 Å². The van der Waals surface area contributed by atoms with Crippen LogP contribution in [-0.4, -0.2) is 10.8 Å². The molecule has 1 aliphatic carbocycles. The zero-order valence-electron chi connectivity index (χ0n) is 11.6. The minimum atomic E-state index is 0.173. The molecule has 102 valence electrons. The van der Waals surface area contributed by atoms with Gasteiger partial charge in [-0.05, 0) is 55.4 Å². The molecule has 0 radical (unpaired) electrons. The number of benzene rings is 1. The summed E-state index contributed by atoms with van der Waals surface area (Å²) >= 11 is 0. The molecule has 2 nitrogen and oxygen atoms in total. The largest absolute Gasteiger partial charge is 0.294 e. The van der Waals surface area contributed by atoms with Gasteiger partial charge in [-0.15, -0.1) is 0 Å². The Morgan fingerprint density at radius 3 is 2.75 bits per heavy atom. The predicted octanol–water partition coefficient (Wildman–Crippen LogP) is 3.85. The molecule has 1 aromatic carbocycles. The molecule has 0 bridgehead atoms. The summed E-state index contributed by atoms with van der Waals surface area (Å²) in [6.07, 6.45) is 8.70. The Morgan fingerprint density at radius 1 is 1.10 bits per heavy atom. The maximum absolute atomic E-state index is 12.6. The van der Waals surface area contributed by atoms with Gasteiger partial charge in [0.15, 0.2) is 5.78 Å². The molecule has 0 aliphatic heterocycles. The molecule has 1 aromatic heterocycles. The quantitative estimate of drug-likeness (QED) is 0.789. The van der Waals surface area contributed by atoms with Crippen molar-refractivity contribution in [2.75, 3.05) is 0 Å². The number of nitrogens with zero attached hydrogens (tertiary/aromatic N) is 1. The van der Waals surface area contributed by atoms with E-state index in [1.54, 1.807) is 0 Å². The summed E-state index contributed by atoms with van der Waals surface area (Å²) in [5, 5.41) is 0. The Morgan fingerprint density at radius 2 is 1.90 bits per heavy atom. The summed E-state index contributed by atoms with van der Waals surface area (Å²) in [7, 11) is 0. The predicted molar refractivity (Wildman–Crippen MR) is 79.8 cm³/mol. The SMILES string of the molecule is O=C1c2ccccc2CCCC1CCc1ccncc1. The molecule has 2 aromatic rings. The van der Waals surface area contributed by atoms with Crippen LogP contribution in [0.5, 0.6) is 0 Å². The van der Waals surface area contributed by atoms with Gasteiger partial charge in [-0.1, -0.05) is 24.3 Å². The van der Waals surface area contributed by atoms with Crippen molar-refractivity contribution < 1.29 is 4.79 Å². The highest BCUT2D eigenvalue weighted by Gasteiger charge is 2.24. The van der Waals surface area contributed by atoms with Crippen LogP contribution in [-0.2, 0) is 12.8 Å². The zero-order valence-corrected chi connectivity index (χ0v) is 11.6. The smallest absolute Gasteiger partial charge is 0.166 e. The zero-order chi connectivity index (χ0) is 13.8. The molecule has 0 spiro atoms. The van der Waals surface area contributed by atoms with Crippen molar-refractivity contribution in [2.45, 2.75) is 32.1 Å². The normalized spacial score (nSPS) is 18.4. The number of pyridine rings is 1. The summed E-state index contributed by atoms with van der Waals surface area (Å²) in [5.74, 6) is 0.513. The Bertz CT molecular complexity index is 591. The van der Waals surface area contributed by atoms with Gasteiger partial charge in [0.2, 0.25) is 0 Å². The van der Waals surface area contributed by atoms with Crippen LogP contribution in [0.3, 0.4) is 0 Å². The molecule has 0 fully saturated rings. The molecule has 1 heterocycles. The van der Waals surface area contributed by atoms with E-state index < -0.39 is 0 Å². The number of fused-ring (bicyclic) bond motifs is 1. The van der Waals surface area contributed by atoms with E-state index in [-0.39, 0.29) is 5.92 Å². The third-order valence-corrected chi connectivity index (χ3v) is 4.18. The summed E-state index contributed by atoms with van der Waals surface area (Å²) in [5.41, 5.74) is 3.44. The second-order valence-electron chi connectivity index (χ2n) is 5.50. The van der Waals surface area contributed by atoms with Crippen LogP contribution in [0.15, 0.2) is 48.8 Å². The molecule has 0 N–H and O–H groups in total. The molecule has 0 amide bonds. The molecule has 2 heteroatoms. The van der Waals surface area contributed by atoms with E-state index in [1.807, 2.05) is 42.7 Å². The lowest BCUT2D eigenvalue weighted by molar-refractivity contribution is 0.0909. The van der Waals surface area contributed by atoms with E-state index in [4.69, 9.17) is 0 Å². The van der Waals surface area contributed by atoms with Crippen LogP contribution in [0.4, 0.5) is 0 Å². The first kappa shape index (κ1) is 13.0. The van der Waals surface area contributed by atoms with Gasteiger partial charge in [-0.3, -0.25) is 9.78 Å². The van der Waals surface area contributed by atoms with Crippen molar-refractivity contribution in [2.24, 2.45) is 5.92 Å². The molecule has 1 aliphatic rings. The molecular formula is C18H19NO. The van der Waals surface area contributed by atoms with Gasteiger partial charge in [0.05, 0.1) is 0 Å². The standard InChI is InChI=1S/C18H19NO/c20-18-16(9-8-14-10-12-19-13-11-14)6-3-5-15-4-1-2-7-17(15)18/h1-2,4,7,10-13,16H,3,5-6,8-9H2. The third-order valence-electron chi connectivity index (χ3n) is 4.18. The number of aryl methyl sites for hydroxylation is 2. The lowest BCUT2D eigenvalue weighted by atomic mass is 9.90. The number of aromatic nitrogens is 1. The van der Waals surface area contributed by atoms with Gasteiger partial charge < -0.3 is 0 Å². The van der Waals surface area contributed by atoms with Crippen molar-refractivity contribution in [3.05, 3.63) is 65.5 Å². The highest BCUT2D eigenvalue weighted by molar-refractivity contribution is 5.99. The first-order valence-corrected chi connectivity index (χ1v) is 7.35. The van der Waals surface area contributed by atoms with Gasteiger partial charge in [0.25, 0.3) is 0 Å². The first-order chi connectivity index (χ1) is 9.84. The van der Waals surface area contributed by atoms with Gasteiger partial charge >= 0.3 is 0 Å². The van der Waals surface area contributed by atoms with Crippen molar-refractivity contribution >= 4 is 5.78 Å². The minimum absolute atomic E-state index is 0.173. The van der Waals surface area contributed by atoms with Crippen LogP contribution < -0.4 is 0 Å². The van der Waals surface area contributed by atoms with Crippen LogP contribution in [0.1, 0.15) is 40.7 Å². The third kappa shape index (κ3) is 2.79. The van der Waals surface area contributed by atoms with Gasteiger partial charge in [0, 0.05) is 23.9 Å². The molecule has 1 atom stereocenters. The fraction of sp³-hybridized carbons (Fsp3) is 0.333. The average Bonchev–Trinajstić information content (AvgIpc) is 2.66. The Balaban J connectivity index is 1.73. The molecule has 20 heavy (non-hydrogen) atoms. The van der Waals surface area contributed by atoms with Gasteiger partial charge in [-0.2, -0.15) is 0 Å². The van der Waals surface area contributed by atoms with E-state index >= 15 is 0 Å². The molecule has 0 saturated carbocycles. The summed E-state index contributed by atoms with van der Waals surface area (Å²) < 4.78 is 0. The highest BCUT2D eigenvalue weighted by atomic mass is 16.1. The Kier molecular flexibility index (Phi) is 3.91. The van der Waals surface area contributed by atoms with E-state index in [0.29, 0.717) is 5.78 Å². The highest BCUT2D eigenvalue weighted by Crippen LogP contribution is 2.27. The number of ketones is 1. The van der Waals surface area contributed by atoms with Gasteiger partial charge in [-0.25, -0.2) is 0 Å². The monoisotopic (exact) mass is 265 g/mol. The Labute approximate surface area is 119 Å². The van der Waals surface area contributed by atoms with E-state index in [1.165, 1.54) is 11.1 Å². The lowest BCUT2D eigenvalue weighted by Crippen LogP contribution is -2.15. The molecule has 1 unspecified atom stereocenters. The van der Waals surface area contributed by atoms with Crippen molar-refractivity contribution in [3.8, 4) is 0 Å².